The van der Waals surface area contributed by atoms with Gasteiger partial charge in [0.05, 0.1) is 0 Å². The summed E-state index contributed by atoms with van der Waals surface area (Å²) in [5.41, 5.74) is 1.97. The van der Waals surface area contributed by atoms with Gasteiger partial charge in [-0.15, -0.1) is 0 Å². The molecule has 0 aliphatic heterocycles. The smallest absolute Gasteiger partial charge is 0.414 e. The average Bonchev–Trinajstić information content (AvgIpc) is 2.83. The van der Waals surface area contributed by atoms with Crippen molar-refractivity contribution in [2.75, 3.05) is 49.4 Å². The molecule has 3 aromatic rings. The molecule has 0 saturated heterocycles. The van der Waals surface area contributed by atoms with E-state index in [4.69, 9.17) is 4.74 Å². The molecule has 0 saturated carbocycles. The fraction of sp³-hybridized carbons (Fsp3) is 0.345. The molecule has 1 amide bonds. The maximum Gasteiger partial charge on any atom is 0.414 e. The SMILES string of the molecule is CCN(C(=O)OC(C)(C)C)c1cccc(P(=O)(c2cccc(N(C)C)c2)c2cccc(N(C)C)c2)c1. The largest absolute Gasteiger partial charge is 0.443 e. The number of rotatable bonds is 7. The Balaban J connectivity index is 2.23. The van der Waals surface area contributed by atoms with Gasteiger partial charge < -0.3 is 19.1 Å². The van der Waals surface area contributed by atoms with Crippen LogP contribution in [0, 0.1) is 0 Å². The summed E-state index contributed by atoms with van der Waals surface area (Å²) >= 11 is 0. The molecule has 36 heavy (non-hydrogen) atoms. The van der Waals surface area contributed by atoms with Crippen LogP contribution in [0.5, 0.6) is 0 Å². The first kappa shape index (κ1) is 27.3. The lowest BCUT2D eigenvalue weighted by Crippen LogP contribution is -2.37. The molecule has 6 nitrogen and oxygen atoms in total. The maximum absolute atomic E-state index is 15.3. The van der Waals surface area contributed by atoms with Crippen molar-refractivity contribution in [1.82, 2.24) is 0 Å². The summed E-state index contributed by atoms with van der Waals surface area (Å²) in [6.07, 6.45) is -0.429. The normalized spacial score (nSPS) is 11.7. The number of hydrogen-bond donors (Lipinski definition) is 0. The summed E-state index contributed by atoms with van der Waals surface area (Å²) in [5.74, 6) is 0. The highest BCUT2D eigenvalue weighted by molar-refractivity contribution is 7.85. The third-order valence-electron chi connectivity index (χ3n) is 5.85. The molecule has 3 aromatic carbocycles. The molecule has 7 heteroatoms. The lowest BCUT2D eigenvalue weighted by molar-refractivity contribution is 0.0582. The predicted octanol–water partition coefficient (Wildman–Crippen LogP) is 5.22. The van der Waals surface area contributed by atoms with Crippen LogP contribution in [0.1, 0.15) is 27.7 Å². The van der Waals surface area contributed by atoms with E-state index >= 15 is 4.57 Å². The molecule has 0 fully saturated rings. The van der Waals surface area contributed by atoms with Gasteiger partial charge in [0.2, 0.25) is 0 Å². The topological polar surface area (TPSA) is 53.1 Å². The van der Waals surface area contributed by atoms with Crippen LogP contribution in [0.15, 0.2) is 72.8 Å². The first-order valence-corrected chi connectivity index (χ1v) is 13.8. The number of benzene rings is 3. The molecule has 192 valence electrons. The summed E-state index contributed by atoms with van der Waals surface area (Å²) in [7, 11) is 4.59. The van der Waals surface area contributed by atoms with E-state index < -0.39 is 18.8 Å². The van der Waals surface area contributed by atoms with Gasteiger partial charge in [-0.3, -0.25) is 4.90 Å². The van der Waals surface area contributed by atoms with Gasteiger partial charge in [0, 0.05) is 67.7 Å². The van der Waals surface area contributed by atoms with Crippen molar-refractivity contribution < 1.29 is 14.1 Å². The molecular weight excluding hydrogens is 469 g/mol. The molecule has 0 atom stereocenters. The third kappa shape index (κ3) is 5.93. The summed E-state index contributed by atoms with van der Waals surface area (Å²) in [4.78, 5) is 18.5. The molecule has 3 rings (SSSR count). The van der Waals surface area contributed by atoms with E-state index in [0.717, 1.165) is 22.0 Å². The van der Waals surface area contributed by atoms with Gasteiger partial charge in [-0.1, -0.05) is 36.4 Å². The van der Waals surface area contributed by atoms with Crippen molar-refractivity contribution in [3.8, 4) is 0 Å². The van der Waals surface area contributed by atoms with E-state index in [9.17, 15) is 4.79 Å². The van der Waals surface area contributed by atoms with Gasteiger partial charge in [-0.25, -0.2) is 4.79 Å². The van der Waals surface area contributed by atoms with Crippen molar-refractivity contribution in [3.63, 3.8) is 0 Å². The first-order chi connectivity index (χ1) is 16.9. The summed E-state index contributed by atoms with van der Waals surface area (Å²) in [6.45, 7) is 7.86. The molecule has 0 radical (unpaired) electrons. The van der Waals surface area contributed by atoms with E-state index in [1.54, 1.807) is 4.90 Å². The summed E-state index contributed by atoms with van der Waals surface area (Å²) in [5, 5.41) is 2.14. The fourth-order valence-electron chi connectivity index (χ4n) is 3.97. The Hall–Kier alpha value is -3.24. The third-order valence-corrected chi connectivity index (χ3v) is 8.87. The number of carbonyl (C=O) groups is 1. The first-order valence-electron chi connectivity index (χ1n) is 12.1. The second-order valence-corrected chi connectivity index (χ2v) is 13.0. The Bertz CT molecular complexity index is 1210. The molecule has 0 heterocycles. The molecule has 0 aliphatic rings. The summed E-state index contributed by atoms with van der Waals surface area (Å²) < 4.78 is 20.9. The van der Waals surface area contributed by atoms with Crippen LogP contribution in [0.25, 0.3) is 0 Å². The Morgan fingerprint density at radius 1 is 0.750 bits per heavy atom. The highest BCUT2D eigenvalue weighted by Gasteiger charge is 2.32. The van der Waals surface area contributed by atoms with Gasteiger partial charge in [-0.2, -0.15) is 0 Å². The van der Waals surface area contributed by atoms with Gasteiger partial charge in [-0.05, 0) is 64.1 Å². The summed E-state index contributed by atoms with van der Waals surface area (Å²) in [6, 6.07) is 23.2. The lowest BCUT2D eigenvalue weighted by Gasteiger charge is -2.28. The number of nitrogens with zero attached hydrogens (tertiary/aromatic N) is 3. The Kier molecular flexibility index (Phi) is 8.20. The zero-order valence-corrected chi connectivity index (χ0v) is 23.5. The van der Waals surface area contributed by atoms with Crippen molar-refractivity contribution in [2.45, 2.75) is 33.3 Å². The molecule has 0 spiro atoms. The van der Waals surface area contributed by atoms with Crippen LogP contribution in [0.2, 0.25) is 0 Å². The zero-order chi connectivity index (χ0) is 26.7. The quantitative estimate of drug-likeness (QED) is 0.411. The molecule has 0 bridgehead atoms. The second kappa shape index (κ2) is 10.8. The zero-order valence-electron chi connectivity index (χ0n) is 22.6. The van der Waals surface area contributed by atoms with E-state index in [-0.39, 0.29) is 0 Å². The monoisotopic (exact) mass is 507 g/mol. The van der Waals surface area contributed by atoms with Crippen LogP contribution in [-0.2, 0) is 9.30 Å². The van der Waals surface area contributed by atoms with Gasteiger partial charge in [0.25, 0.3) is 0 Å². The number of hydrogen-bond acceptors (Lipinski definition) is 5. The van der Waals surface area contributed by atoms with E-state index in [2.05, 4.69) is 0 Å². The standard InChI is InChI=1S/C29H38N3O3P/c1-9-32(28(33)35-29(2,3)4)24-15-12-18-27(21-24)36(34,25-16-10-13-22(19-25)30(5)6)26-17-11-14-23(20-26)31(7)8/h10-21H,9H2,1-8H3. The Labute approximate surface area is 215 Å². The van der Waals surface area contributed by atoms with Crippen LogP contribution < -0.4 is 30.6 Å². The number of amides is 1. The van der Waals surface area contributed by atoms with Crippen LogP contribution >= 0.6 is 7.14 Å². The Morgan fingerprint density at radius 3 is 1.50 bits per heavy atom. The van der Waals surface area contributed by atoms with Crippen molar-refractivity contribution in [1.29, 1.82) is 0 Å². The molecule has 0 unspecified atom stereocenters. The van der Waals surface area contributed by atoms with Crippen LogP contribution in [0.4, 0.5) is 21.9 Å². The highest BCUT2D eigenvalue weighted by Crippen LogP contribution is 2.44. The minimum atomic E-state index is -3.29. The predicted molar refractivity (Wildman–Crippen MR) is 154 cm³/mol. The second-order valence-electron chi connectivity index (χ2n) is 10.2. The highest BCUT2D eigenvalue weighted by atomic mass is 31.2. The minimum absolute atomic E-state index is 0.425. The van der Waals surface area contributed by atoms with Gasteiger partial charge in [0.1, 0.15) is 5.60 Å². The number of carbonyl (C=O) groups excluding carboxylic acids is 1. The minimum Gasteiger partial charge on any atom is -0.443 e. The molecule has 0 aromatic heterocycles. The fourth-order valence-corrected chi connectivity index (χ4v) is 6.70. The van der Waals surface area contributed by atoms with Gasteiger partial charge >= 0.3 is 6.09 Å². The average molecular weight is 508 g/mol. The molecule has 0 N–H and O–H groups in total. The molecule has 0 aliphatic carbocycles. The Morgan fingerprint density at radius 2 is 1.14 bits per heavy atom. The van der Waals surface area contributed by atoms with E-state index in [1.165, 1.54) is 0 Å². The van der Waals surface area contributed by atoms with Crippen molar-refractivity contribution in [3.05, 3.63) is 72.8 Å². The van der Waals surface area contributed by atoms with Crippen LogP contribution in [0.3, 0.4) is 0 Å². The maximum atomic E-state index is 15.3. The molecular formula is C29H38N3O3P. The van der Waals surface area contributed by atoms with E-state index in [0.29, 0.717) is 17.5 Å². The number of ether oxygens (including phenoxy) is 1. The van der Waals surface area contributed by atoms with Crippen LogP contribution in [-0.4, -0.2) is 46.4 Å². The van der Waals surface area contributed by atoms with Gasteiger partial charge in [0.15, 0.2) is 7.14 Å². The lowest BCUT2D eigenvalue weighted by atomic mass is 10.2. The van der Waals surface area contributed by atoms with E-state index in [1.807, 2.05) is 138 Å². The number of anilines is 3. The van der Waals surface area contributed by atoms with Crippen molar-refractivity contribution in [2.24, 2.45) is 0 Å². The van der Waals surface area contributed by atoms with Crippen molar-refractivity contribution >= 4 is 46.2 Å².